The lowest BCUT2D eigenvalue weighted by Gasteiger charge is -2.24. The zero-order valence-corrected chi connectivity index (χ0v) is 16.7. The van der Waals surface area contributed by atoms with Crippen molar-refractivity contribution in [1.82, 2.24) is 4.90 Å². The summed E-state index contributed by atoms with van der Waals surface area (Å²) >= 11 is 5.99. The summed E-state index contributed by atoms with van der Waals surface area (Å²) < 4.78 is 19.4. The first kappa shape index (κ1) is 19.9. The fraction of sp³-hybridized carbons (Fsp3) is 0.130. The quantitative estimate of drug-likeness (QED) is 0.362. The fourth-order valence-electron chi connectivity index (χ4n) is 3.50. The molecule has 1 aliphatic rings. The molecule has 1 saturated heterocycles. The van der Waals surface area contributed by atoms with Gasteiger partial charge in [-0.2, -0.15) is 0 Å². The lowest BCUT2D eigenvalue weighted by Crippen LogP contribution is -2.29. The van der Waals surface area contributed by atoms with Crippen molar-refractivity contribution in [2.75, 3.05) is 0 Å². The summed E-state index contributed by atoms with van der Waals surface area (Å²) in [6, 6.07) is 13.3. The molecule has 0 radical (unpaired) electrons. The topological polar surface area (TPSA) is 70.8 Å². The van der Waals surface area contributed by atoms with Crippen molar-refractivity contribution in [3.05, 3.63) is 99.7 Å². The zero-order chi connectivity index (χ0) is 21.4. The van der Waals surface area contributed by atoms with Crippen molar-refractivity contribution in [3.8, 4) is 0 Å². The molecule has 30 heavy (non-hydrogen) atoms. The number of Topliss-reactive ketones (excluding diaryl/α,β-unsaturated/α-hetero) is 1. The average molecular weight is 426 g/mol. The van der Waals surface area contributed by atoms with E-state index in [4.69, 9.17) is 16.0 Å². The monoisotopic (exact) mass is 425 g/mol. The first-order valence-corrected chi connectivity index (χ1v) is 9.57. The number of nitrogens with zero attached hydrogens (tertiary/aromatic N) is 1. The van der Waals surface area contributed by atoms with E-state index in [1.54, 1.807) is 43.3 Å². The lowest BCUT2D eigenvalue weighted by atomic mass is 9.95. The van der Waals surface area contributed by atoms with Crippen LogP contribution in [0.15, 0.2) is 70.9 Å². The molecule has 0 bridgehead atoms. The highest BCUT2D eigenvalue weighted by atomic mass is 35.5. The zero-order valence-electron chi connectivity index (χ0n) is 15.9. The number of aliphatic hydroxyl groups excluding tert-OH is 1. The van der Waals surface area contributed by atoms with E-state index >= 15 is 0 Å². The Labute approximate surface area is 177 Å². The number of aliphatic hydroxyl groups is 1. The van der Waals surface area contributed by atoms with Gasteiger partial charge in [-0.3, -0.25) is 9.59 Å². The predicted octanol–water partition coefficient (Wildman–Crippen LogP) is 5.00. The molecule has 5 nitrogen and oxygen atoms in total. The number of hydrogen-bond donors (Lipinski definition) is 1. The summed E-state index contributed by atoms with van der Waals surface area (Å²) in [5.74, 6) is -2.10. The van der Waals surface area contributed by atoms with E-state index in [9.17, 15) is 19.1 Å². The van der Waals surface area contributed by atoms with Gasteiger partial charge in [-0.1, -0.05) is 35.9 Å². The van der Waals surface area contributed by atoms with Crippen LogP contribution in [0.25, 0.3) is 5.76 Å². The largest absolute Gasteiger partial charge is 0.507 e. The Hall–Kier alpha value is -3.38. The van der Waals surface area contributed by atoms with Gasteiger partial charge < -0.3 is 14.4 Å². The first-order valence-electron chi connectivity index (χ1n) is 9.19. The molecule has 1 unspecified atom stereocenters. The molecule has 1 N–H and O–H groups in total. The summed E-state index contributed by atoms with van der Waals surface area (Å²) in [5.41, 5.74) is 0.989. The predicted molar refractivity (Wildman–Crippen MR) is 109 cm³/mol. The molecule has 152 valence electrons. The second kappa shape index (κ2) is 7.80. The van der Waals surface area contributed by atoms with Crippen molar-refractivity contribution in [1.29, 1.82) is 0 Å². The Morgan fingerprint density at radius 2 is 1.90 bits per heavy atom. The molecule has 1 fully saturated rings. The molecule has 1 aromatic heterocycles. The molecular formula is C23H17ClFNO4. The van der Waals surface area contributed by atoms with E-state index in [0.717, 1.165) is 6.07 Å². The van der Waals surface area contributed by atoms with Crippen molar-refractivity contribution in [3.63, 3.8) is 0 Å². The highest BCUT2D eigenvalue weighted by Gasteiger charge is 2.46. The Kier molecular flexibility index (Phi) is 5.18. The van der Waals surface area contributed by atoms with E-state index < -0.39 is 29.3 Å². The Morgan fingerprint density at radius 3 is 2.53 bits per heavy atom. The molecule has 3 aromatic rings. The van der Waals surface area contributed by atoms with Gasteiger partial charge in [0, 0.05) is 10.6 Å². The number of ketones is 1. The van der Waals surface area contributed by atoms with Gasteiger partial charge in [-0.05, 0) is 48.4 Å². The summed E-state index contributed by atoms with van der Waals surface area (Å²) in [4.78, 5) is 27.1. The van der Waals surface area contributed by atoms with Gasteiger partial charge in [0.25, 0.3) is 11.7 Å². The van der Waals surface area contributed by atoms with Crippen LogP contribution in [0.1, 0.15) is 28.5 Å². The number of amides is 1. The minimum absolute atomic E-state index is 0.0317. The molecule has 2 aromatic carbocycles. The van der Waals surface area contributed by atoms with Gasteiger partial charge in [0.05, 0.1) is 24.4 Å². The van der Waals surface area contributed by atoms with Crippen molar-refractivity contribution < 1.29 is 23.5 Å². The Bertz CT molecular complexity index is 1150. The summed E-state index contributed by atoms with van der Waals surface area (Å²) in [6.45, 7) is 1.62. The van der Waals surface area contributed by atoms with Gasteiger partial charge >= 0.3 is 0 Å². The van der Waals surface area contributed by atoms with Gasteiger partial charge in [0.15, 0.2) is 0 Å². The van der Waals surface area contributed by atoms with Crippen molar-refractivity contribution in [2.45, 2.75) is 19.5 Å². The third-order valence-electron chi connectivity index (χ3n) is 5.08. The van der Waals surface area contributed by atoms with Gasteiger partial charge in [-0.15, -0.1) is 0 Å². The number of halogens is 2. The van der Waals surface area contributed by atoms with E-state index in [2.05, 4.69) is 0 Å². The number of benzene rings is 2. The number of likely N-dealkylation sites (tertiary alicyclic amines) is 1. The standard InChI is InChI=1S/C23H17ClFNO4/c1-13-4-5-15(11-18(13)25)21(27)19-20(14-6-8-16(24)9-7-14)26(23(29)22(19)28)12-17-3-2-10-30-17/h2-11,20,27H,12H2,1H3/b21-19-. The van der Waals surface area contributed by atoms with Gasteiger partial charge in [-0.25, -0.2) is 4.39 Å². The molecule has 1 atom stereocenters. The summed E-state index contributed by atoms with van der Waals surface area (Å²) in [5, 5.41) is 11.4. The van der Waals surface area contributed by atoms with Crippen molar-refractivity contribution >= 4 is 29.1 Å². The van der Waals surface area contributed by atoms with Crippen LogP contribution in [0.2, 0.25) is 5.02 Å². The van der Waals surface area contributed by atoms with Gasteiger partial charge in [0.1, 0.15) is 17.3 Å². The van der Waals surface area contributed by atoms with Crippen LogP contribution in [0.5, 0.6) is 0 Å². The molecule has 4 rings (SSSR count). The minimum Gasteiger partial charge on any atom is -0.507 e. The maximum absolute atomic E-state index is 14.1. The van der Waals surface area contributed by atoms with E-state index in [1.165, 1.54) is 23.3 Å². The Morgan fingerprint density at radius 1 is 1.17 bits per heavy atom. The van der Waals surface area contributed by atoms with Gasteiger partial charge in [0.2, 0.25) is 0 Å². The molecule has 0 aliphatic carbocycles. The minimum atomic E-state index is -0.878. The fourth-order valence-corrected chi connectivity index (χ4v) is 3.63. The van der Waals surface area contributed by atoms with Crippen LogP contribution in [-0.4, -0.2) is 21.7 Å². The molecule has 1 amide bonds. The smallest absolute Gasteiger partial charge is 0.296 e. The van der Waals surface area contributed by atoms with Crippen LogP contribution in [0, 0.1) is 12.7 Å². The third-order valence-corrected chi connectivity index (χ3v) is 5.33. The normalized spacial score (nSPS) is 18.2. The third kappa shape index (κ3) is 3.50. The molecule has 0 saturated carbocycles. The highest BCUT2D eigenvalue weighted by Crippen LogP contribution is 2.40. The first-order chi connectivity index (χ1) is 14.4. The SMILES string of the molecule is Cc1ccc(/C(O)=C2/C(=O)C(=O)N(Cc3ccco3)C2c2ccc(Cl)cc2)cc1F. The van der Waals surface area contributed by atoms with E-state index in [-0.39, 0.29) is 17.7 Å². The number of furan rings is 1. The maximum atomic E-state index is 14.1. The van der Waals surface area contributed by atoms with E-state index in [0.29, 0.717) is 21.9 Å². The second-order valence-corrected chi connectivity index (χ2v) is 7.46. The summed E-state index contributed by atoms with van der Waals surface area (Å²) in [6.07, 6.45) is 1.47. The number of carbonyl (C=O) groups excluding carboxylic acids is 2. The molecule has 1 aliphatic heterocycles. The Balaban J connectivity index is 1.87. The highest BCUT2D eigenvalue weighted by molar-refractivity contribution is 6.46. The molecule has 2 heterocycles. The molecular weight excluding hydrogens is 409 g/mol. The van der Waals surface area contributed by atoms with Crippen LogP contribution in [0.4, 0.5) is 4.39 Å². The maximum Gasteiger partial charge on any atom is 0.296 e. The van der Waals surface area contributed by atoms with Crippen LogP contribution < -0.4 is 0 Å². The molecule has 0 spiro atoms. The number of aryl methyl sites for hydroxylation is 1. The van der Waals surface area contributed by atoms with Crippen LogP contribution in [0.3, 0.4) is 0 Å². The number of carbonyl (C=O) groups is 2. The van der Waals surface area contributed by atoms with E-state index in [1.807, 2.05) is 0 Å². The number of rotatable bonds is 4. The van der Waals surface area contributed by atoms with Crippen LogP contribution >= 0.6 is 11.6 Å². The van der Waals surface area contributed by atoms with Crippen molar-refractivity contribution in [2.24, 2.45) is 0 Å². The molecule has 7 heteroatoms. The van der Waals surface area contributed by atoms with Crippen LogP contribution in [-0.2, 0) is 16.1 Å². The summed E-state index contributed by atoms with van der Waals surface area (Å²) in [7, 11) is 0. The average Bonchev–Trinajstić information content (AvgIpc) is 3.33. The number of hydrogen-bond acceptors (Lipinski definition) is 4. The lowest BCUT2D eigenvalue weighted by molar-refractivity contribution is -0.140. The second-order valence-electron chi connectivity index (χ2n) is 7.02.